The van der Waals surface area contributed by atoms with Crippen molar-refractivity contribution >= 4 is 11.9 Å². The van der Waals surface area contributed by atoms with Crippen LogP contribution in [0.25, 0.3) is 0 Å². The molecule has 0 aliphatic heterocycles. The maximum Gasteiger partial charge on any atom is 0.335 e. The predicted octanol–water partition coefficient (Wildman–Crippen LogP) is 3.80. The average molecular weight is 366 g/mol. The molecule has 0 atom stereocenters. The molecule has 0 unspecified atom stereocenters. The van der Waals surface area contributed by atoms with Crippen molar-refractivity contribution in [3.05, 3.63) is 34.4 Å². The summed E-state index contributed by atoms with van der Waals surface area (Å²) in [6.07, 6.45) is 4.68. The van der Waals surface area contributed by atoms with Crippen LogP contribution in [0.15, 0.2) is 12.1 Å². The lowest BCUT2D eigenvalue weighted by atomic mass is 9.92. The third-order valence-corrected chi connectivity index (χ3v) is 4.17. The molecule has 0 heterocycles. The monoisotopic (exact) mass is 366 g/mol. The van der Waals surface area contributed by atoms with Gasteiger partial charge in [-0.05, 0) is 48.9 Å². The number of carboxylic acid groups (broad SMARTS) is 2. The van der Waals surface area contributed by atoms with Gasteiger partial charge in [-0.1, -0.05) is 26.7 Å². The van der Waals surface area contributed by atoms with Crippen molar-refractivity contribution in [3.8, 4) is 0 Å². The lowest BCUT2D eigenvalue weighted by molar-refractivity contribution is 0.0676. The van der Waals surface area contributed by atoms with E-state index in [1.807, 2.05) is 0 Å². The Morgan fingerprint density at radius 2 is 1.15 bits per heavy atom. The molecule has 26 heavy (non-hydrogen) atoms. The highest BCUT2D eigenvalue weighted by Gasteiger charge is 2.20. The van der Waals surface area contributed by atoms with E-state index in [0.29, 0.717) is 50.4 Å². The lowest BCUT2D eigenvalue weighted by Crippen LogP contribution is -2.15. The molecular formula is C20H30O6. The molecule has 0 aliphatic carbocycles. The molecule has 0 spiro atoms. The summed E-state index contributed by atoms with van der Waals surface area (Å²) in [5, 5.41) is 19.0. The van der Waals surface area contributed by atoms with E-state index in [4.69, 9.17) is 9.47 Å². The van der Waals surface area contributed by atoms with Gasteiger partial charge in [0.25, 0.3) is 0 Å². The van der Waals surface area contributed by atoms with E-state index in [1.165, 1.54) is 12.1 Å². The van der Waals surface area contributed by atoms with Crippen LogP contribution in [0.1, 0.15) is 71.4 Å². The Hall–Kier alpha value is -1.92. The van der Waals surface area contributed by atoms with Crippen LogP contribution in [-0.4, -0.2) is 48.6 Å². The fourth-order valence-electron chi connectivity index (χ4n) is 2.71. The van der Waals surface area contributed by atoms with Crippen molar-refractivity contribution in [2.75, 3.05) is 26.4 Å². The number of ether oxygens (including phenoxy) is 2. The molecule has 0 saturated carbocycles. The molecule has 2 N–H and O–H groups in total. The summed E-state index contributed by atoms with van der Waals surface area (Å²) in [7, 11) is 0. The number of rotatable bonds is 14. The highest BCUT2D eigenvalue weighted by Crippen LogP contribution is 2.22. The molecule has 0 fully saturated rings. The Balaban J connectivity index is 2.99. The van der Waals surface area contributed by atoms with Gasteiger partial charge in [0.1, 0.15) is 0 Å². The quantitative estimate of drug-likeness (QED) is 0.487. The smallest absolute Gasteiger partial charge is 0.335 e. The Morgan fingerprint density at radius 3 is 1.46 bits per heavy atom. The molecule has 6 nitrogen and oxygen atoms in total. The normalized spacial score (nSPS) is 10.8. The van der Waals surface area contributed by atoms with Crippen LogP contribution in [0.5, 0.6) is 0 Å². The van der Waals surface area contributed by atoms with Crippen molar-refractivity contribution in [3.63, 3.8) is 0 Å². The fourth-order valence-corrected chi connectivity index (χ4v) is 2.71. The van der Waals surface area contributed by atoms with Gasteiger partial charge in [0.15, 0.2) is 0 Å². The minimum atomic E-state index is -1.06. The molecule has 0 aromatic heterocycles. The fraction of sp³-hybridized carbons (Fsp3) is 0.600. The van der Waals surface area contributed by atoms with E-state index < -0.39 is 11.9 Å². The second-order valence-corrected chi connectivity index (χ2v) is 6.16. The SMILES string of the molecule is CCCCOCCc1c(C(=O)O)ccc(C(=O)O)c1CCOCCCC. The van der Waals surface area contributed by atoms with Gasteiger partial charge < -0.3 is 19.7 Å². The molecule has 1 aromatic carbocycles. The van der Waals surface area contributed by atoms with Crippen molar-refractivity contribution in [2.24, 2.45) is 0 Å². The maximum atomic E-state index is 11.6. The van der Waals surface area contributed by atoms with Crippen molar-refractivity contribution < 1.29 is 29.3 Å². The minimum Gasteiger partial charge on any atom is -0.478 e. The number of benzene rings is 1. The summed E-state index contributed by atoms with van der Waals surface area (Å²) in [6.45, 7) is 6.11. The Labute approximate surface area is 155 Å². The summed E-state index contributed by atoms with van der Waals surface area (Å²) >= 11 is 0. The second-order valence-electron chi connectivity index (χ2n) is 6.16. The highest BCUT2D eigenvalue weighted by atomic mass is 16.5. The average Bonchev–Trinajstić information content (AvgIpc) is 2.61. The van der Waals surface area contributed by atoms with Crippen LogP contribution in [0.3, 0.4) is 0 Å². The lowest BCUT2D eigenvalue weighted by Gasteiger charge is -2.16. The first-order chi connectivity index (χ1) is 12.5. The largest absolute Gasteiger partial charge is 0.478 e. The van der Waals surface area contributed by atoms with Crippen LogP contribution < -0.4 is 0 Å². The molecule has 6 heteroatoms. The molecule has 0 amide bonds. The van der Waals surface area contributed by atoms with E-state index in [9.17, 15) is 19.8 Å². The molecule has 0 aliphatic rings. The van der Waals surface area contributed by atoms with Crippen molar-refractivity contribution in [2.45, 2.75) is 52.4 Å². The van der Waals surface area contributed by atoms with E-state index in [0.717, 1.165) is 25.7 Å². The van der Waals surface area contributed by atoms with Gasteiger partial charge in [-0.3, -0.25) is 0 Å². The zero-order valence-electron chi connectivity index (χ0n) is 15.8. The Morgan fingerprint density at radius 1 is 0.769 bits per heavy atom. The summed E-state index contributed by atoms with van der Waals surface area (Å²) < 4.78 is 11.1. The summed E-state index contributed by atoms with van der Waals surface area (Å²) in [5.74, 6) is -2.11. The summed E-state index contributed by atoms with van der Waals surface area (Å²) in [4.78, 5) is 23.2. The molecule has 1 aromatic rings. The molecule has 0 bridgehead atoms. The standard InChI is InChI=1S/C20H30O6/c1-3-5-11-25-13-9-15-16(10-14-26-12-6-4-2)18(20(23)24)8-7-17(15)19(21)22/h7-8H,3-6,9-14H2,1-2H3,(H,21,22)(H,23,24). The number of carboxylic acids is 2. The Kier molecular flexibility index (Phi) is 10.6. The van der Waals surface area contributed by atoms with Crippen LogP contribution in [-0.2, 0) is 22.3 Å². The topological polar surface area (TPSA) is 93.1 Å². The van der Waals surface area contributed by atoms with Crippen LogP contribution in [0, 0.1) is 0 Å². The van der Waals surface area contributed by atoms with Gasteiger partial charge in [-0.25, -0.2) is 9.59 Å². The Bertz CT molecular complexity index is 531. The van der Waals surface area contributed by atoms with E-state index in [1.54, 1.807) is 0 Å². The first-order valence-electron chi connectivity index (χ1n) is 9.29. The number of aromatic carboxylic acids is 2. The molecule has 1 rings (SSSR count). The first kappa shape index (κ1) is 22.1. The second kappa shape index (κ2) is 12.4. The molecule has 0 radical (unpaired) electrons. The third kappa shape index (κ3) is 7.14. The van der Waals surface area contributed by atoms with Gasteiger partial charge in [0.05, 0.1) is 24.3 Å². The number of carbonyl (C=O) groups is 2. The van der Waals surface area contributed by atoms with E-state index >= 15 is 0 Å². The molecular weight excluding hydrogens is 336 g/mol. The van der Waals surface area contributed by atoms with Gasteiger partial charge in [-0.15, -0.1) is 0 Å². The van der Waals surface area contributed by atoms with Crippen LogP contribution in [0.2, 0.25) is 0 Å². The highest BCUT2D eigenvalue weighted by molar-refractivity contribution is 5.95. The number of hydrogen-bond acceptors (Lipinski definition) is 4. The van der Waals surface area contributed by atoms with Crippen molar-refractivity contribution in [1.82, 2.24) is 0 Å². The molecule has 0 saturated heterocycles. The first-order valence-corrected chi connectivity index (χ1v) is 9.29. The van der Waals surface area contributed by atoms with Gasteiger partial charge >= 0.3 is 11.9 Å². The van der Waals surface area contributed by atoms with Crippen LogP contribution in [0.4, 0.5) is 0 Å². The predicted molar refractivity (Wildman–Crippen MR) is 99.2 cm³/mol. The molecule has 146 valence electrons. The third-order valence-electron chi connectivity index (χ3n) is 4.17. The van der Waals surface area contributed by atoms with E-state index in [-0.39, 0.29) is 11.1 Å². The summed E-state index contributed by atoms with van der Waals surface area (Å²) in [6, 6.07) is 2.74. The maximum absolute atomic E-state index is 11.6. The zero-order chi connectivity index (χ0) is 19.4. The van der Waals surface area contributed by atoms with Gasteiger partial charge in [0, 0.05) is 13.2 Å². The number of hydrogen-bond donors (Lipinski definition) is 2. The van der Waals surface area contributed by atoms with Gasteiger partial charge in [0.2, 0.25) is 0 Å². The van der Waals surface area contributed by atoms with Crippen LogP contribution >= 0.6 is 0 Å². The number of unbranched alkanes of at least 4 members (excludes halogenated alkanes) is 2. The summed E-state index contributed by atoms with van der Waals surface area (Å²) in [5.41, 5.74) is 1.34. The van der Waals surface area contributed by atoms with Gasteiger partial charge in [-0.2, -0.15) is 0 Å². The minimum absolute atomic E-state index is 0.137. The van der Waals surface area contributed by atoms with E-state index in [2.05, 4.69) is 13.8 Å². The van der Waals surface area contributed by atoms with Crippen molar-refractivity contribution in [1.29, 1.82) is 0 Å². The zero-order valence-corrected chi connectivity index (χ0v) is 15.8.